The zero-order valence-corrected chi connectivity index (χ0v) is 23.1. The van der Waals surface area contributed by atoms with Crippen molar-refractivity contribution in [2.75, 3.05) is 30.9 Å². The third-order valence-electron chi connectivity index (χ3n) is 6.14. The van der Waals surface area contributed by atoms with Gasteiger partial charge in [-0.1, -0.05) is 37.8 Å². The van der Waals surface area contributed by atoms with E-state index in [-0.39, 0.29) is 17.0 Å². The average Bonchev–Trinajstić information content (AvgIpc) is 3.48. The SMILES string of the molecule is CCOP(=O)(CCc1cnc(NC(=O)[C@H](CC2CCCC2)c2ccc(S(C)(=O)=O)cc2)s1)OCC. The summed E-state index contributed by atoms with van der Waals surface area (Å²) >= 11 is 1.34. The minimum Gasteiger partial charge on any atom is -0.309 e. The van der Waals surface area contributed by atoms with E-state index in [0.29, 0.717) is 37.1 Å². The molecule has 0 aliphatic heterocycles. The summed E-state index contributed by atoms with van der Waals surface area (Å²) in [7, 11) is -6.45. The van der Waals surface area contributed by atoms with Gasteiger partial charge in [-0.05, 0) is 50.3 Å². The number of carbonyl (C=O) groups excluding carboxylic acids is 1. The number of amides is 1. The van der Waals surface area contributed by atoms with Crippen molar-refractivity contribution in [3.05, 3.63) is 40.9 Å². The highest BCUT2D eigenvalue weighted by Crippen LogP contribution is 2.48. The Labute approximate surface area is 212 Å². The summed E-state index contributed by atoms with van der Waals surface area (Å²) in [6, 6.07) is 6.61. The fourth-order valence-corrected chi connectivity index (χ4v) is 7.63. The normalized spacial score (nSPS) is 15.9. The van der Waals surface area contributed by atoms with Crippen LogP contribution in [0.1, 0.15) is 62.3 Å². The highest BCUT2D eigenvalue weighted by Gasteiger charge is 2.28. The van der Waals surface area contributed by atoms with Gasteiger partial charge in [-0.3, -0.25) is 9.36 Å². The van der Waals surface area contributed by atoms with E-state index in [0.717, 1.165) is 23.3 Å². The molecule has 3 rings (SSSR count). The third kappa shape index (κ3) is 8.22. The Morgan fingerprint density at radius 3 is 2.37 bits per heavy atom. The van der Waals surface area contributed by atoms with Gasteiger partial charge in [-0.15, -0.1) is 11.3 Å². The fraction of sp³-hybridized carbons (Fsp3) is 0.583. The van der Waals surface area contributed by atoms with Crippen LogP contribution in [0, 0.1) is 5.92 Å². The van der Waals surface area contributed by atoms with E-state index < -0.39 is 23.4 Å². The van der Waals surface area contributed by atoms with E-state index in [4.69, 9.17) is 9.05 Å². The molecule has 1 aromatic heterocycles. The van der Waals surface area contributed by atoms with Gasteiger partial charge in [-0.2, -0.15) is 0 Å². The number of rotatable bonds is 13. The number of sulfone groups is 1. The second-order valence-electron chi connectivity index (χ2n) is 8.82. The molecule has 1 N–H and O–H groups in total. The van der Waals surface area contributed by atoms with Gasteiger partial charge in [0.1, 0.15) is 0 Å². The van der Waals surface area contributed by atoms with Gasteiger partial charge in [0.25, 0.3) is 0 Å². The molecular weight excluding hydrogens is 507 g/mol. The second kappa shape index (κ2) is 12.6. The van der Waals surface area contributed by atoms with Crippen LogP contribution in [0.15, 0.2) is 35.4 Å². The van der Waals surface area contributed by atoms with Crippen LogP contribution in [0.4, 0.5) is 5.13 Å². The third-order valence-corrected chi connectivity index (χ3v) is 10.3. The lowest BCUT2D eigenvalue weighted by atomic mass is 9.87. The Balaban J connectivity index is 1.70. The van der Waals surface area contributed by atoms with Crippen molar-refractivity contribution in [1.82, 2.24) is 4.98 Å². The average molecular weight is 543 g/mol. The monoisotopic (exact) mass is 542 g/mol. The molecule has 0 radical (unpaired) electrons. The van der Waals surface area contributed by atoms with Crippen molar-refractivity contribution < 1.29 is 26.8 Å². The highest BCUT2D eigenvalue weighted by molar-refractivity contribution is 7.90. The second-order valence-corrected chi connectivity index (χ2v) is 14.1. The molecule has 35 heavy (non-hydrogen) atoms. The number of aryl methyl sites for hydroxylation is 1. The van der Waals surface area contributed by atoms with Gasteiger partial charge in [-0.25, -0.2) is 13.4 Å². The molecule has 194 valence electrons. The van der Waals surface area contributed by atoms with E-state index in [1.807, 2.05) is 0 Å². The van der Waals surface area contributed by atoms with Crippen LogP contribution in [0.5, 0.6) is 0 Å². The zero-order valence-electron chi connectivity index (χ0n) is 20.6. The quantitative estimate of drug-likeness (QED) is 0.325. The van der Waals surface area contributed by atoms with Gasteiger partial charge in [0.05, 0.1) is 30.2 Å². The van der Waals surface area contributed by atoms with E-state index in [9.17, 15) is 17.8 Å². The van der Waals surface area contributed by atoms with Gasteiger partial charge < -0.3 is 14.4 Å². The number of hydrogen-bond acceptors (Lipinski definition) is 8. The van der Waals surface area contributed by atoms with Crippen molar-refractivity contribution in [2.45, 2.75) is 63.2 Å². The number of nitrogens with zero attached hydrogens (tertiary/aromatic N) is 1. The molecule has 1 aliphatic carbocycles. The lowest BCUT2D eigenvalue weighted by Gasteiger charge is -2.20. The highest BCUT2D eigenvalue weighted by atomic mass is 32.2. The molecule has 1 aliphatic rings. The smallest absolute Gasteiger partial charge is 0.309 e. The molecular formula is C24H35N2O6PS2. The van der Waals surface area contributed by atoms with Crippen LogP contribution < -0.4 is 5.32 Å². The predicted molar refractivity (Wildman–Crippen MR) is 139 cm³/mol. The molecule has 1 saturated carbocycles. The van der Waals surface area contributed by atoms with E-state index in [1.54, 1.807) is 44.3 Å². The van der Waals surface area contributed by atoms with Crippen LogP contribution in [-0.4, -0.2) is 44.9 Å². The maximum absolute atomic E-state index is 13.3. The number of hydrogen-bond donors (Lipinski definition) is 1. The maximum atomic E-state index is 13.3. The van der Waals surface area contributed by atoms with Crippen LogP contribution >= 0.6 is 18.9 Å². The molecule has 0 spiro atoms. The summed E-state index contributed by atoms with van der Waals surface area (Å²) in [5.74, 6) is -0.0761. The van der Waals surface area contributed by atoms with Crippen LogP contribution in [0.25, 0.3) is 0 Å². The number of aromatic nitrogens is 1. The molecule has 8 nitrogen and oxygen atoms in total. The summed E-state index contributed by atoms with van der Waals surface area (Å²) in [5, 5.41) is 3.43. The van der Waals surface area contributed by atoms with Crippen LogP contribution in [-0.2, 0) is 34.7 Å². The maximum Gasteiger partial charge on any atom is 0.331 e. The van der Waals surface area contributed by atoms with Crippen LogP contribution in [0.2, 0.25) is 0 Å². The summed E-state index contributed by atoms with van der Waals surface area (Å²) < 4.78 is 47.1. The van der Waals surface area contributed by atoms with Gasteiger partial charge in [0.15, 0.2) is 15.0 Å². The Hall–Kier alpha value is -1.58. The molecule has 1 heterocycles. The molecule has 2 aromatic rings. The first-order chi connectivity index (χ1) is 16.6. The number of nitrogens with one attached hydrogen (secondary N) is 1. The minimum absolute atomic E-state index is 0.154. The fourth-order valence-electron chi connectivity index (χ4n) is 4.40. The van der Waals surface area contributed by atoms with Gasteiger partial charge >= 0.3 is 7.60 Å². The molecule has 0 unspecified atom stereocenters. The first kappa shape index (κ1) is 28.0. The minimum atomic E-state index is -3.30. The number of thiazole rings is 1. The molecule has 1 fully saturated rings. The Bertz CT molecular complexity index is 1120. The van der Waals surface area contributed by atoms with E-state index >= 15 is 0 Å². The molecule has 1 atom stereocenters. The first-order valence-corrected chi connectivity index (χ1v) is 16.5. The summed E-state index contributed by atoms with van der Waals surface area (Å²) in [5.41, 5.74) is 0.799. The van der Waals surface area contributed by atoms with Crippen LogP contribution in [0.3, 0.4) is 0 Å². The molecule has 11 heteroatoms. The Morgan fingerprint density at radius 2 is 1.80 bits per heavy atom. The van der Waals surface area contributed by atoms with Crippen molar-refractivity contribution in [1.29, 1.82) is 0 Å². The van der Waals surface area contributed by atoms with Crippen molar-refractivity contribution in [3.63, 3.8) is 0 Å². The standard InChI is InChI=1S/C24H35N2O6PS2/c1-4-31-33(28,32-5-2)15-14-20-17-25-24(34-20)26-23(27)22(16-18-8-6-7-9-18)19-10-12-21(13-11-19)35(3,29)30/h10-13,17-18,22H,4-9,14-16H2,1-3H3,(H,25,26,27)/t22-/m1/s1. The summed E-state index contributed by atoms with van der Waals surface area (Å²) in [6.07, 6.45) is 8.85. The topological polar surface area (TPSA) is 112 Å². The van der Waals surface area contributed by atoms with Crippen molar-refractivity contribution >= 4 is 39.8 Å². The molecule has 1 amide bonds. The van der Waals surface area contributed by atoms with Gasteiger partial charge in [0.2, 0.25) is 5.91 Å². The van der Waals surface area contributed by atoms with Crippen molar-refractivity contribution in [3.8, 4) is 0 Å². The van der Waals surface area contributed by atoms with E-state index in [1.165, 1.54) is 30.4 Å². The van der Waals surface area contributed by atoms with Gasteiger partial charge in [0, 0.05) is 17.3 Å². The first-order valence-electron chi connectivity index (χ1n) is 12.1. The predicted octanol–water partition coefficient (Wildman–Crippen LogP) is 5.66. The zero-order chi connectivity index (χ0) is 25.5. The Kier molecular flexibility index (Phi) is 10.1. The van der Waals surface area contributed by atoms with Crippen molar-refractivity contribution in [2.24, 2.45) is 5.92 Å². The Morgan fingerprint density at radius 1 is 1.17 bits per heavy atom. The largest absolute Gasteiger partial charge is 0.331 e. The lowest BCUT2D eigenvalue weighted by Crippen LogP contribution is -2.23. The molecule has 0 saturated heterocycles. The number of benzene rings is 1. The summed E-state index contributed by atoms with van der Waals surface area (Å²) in [6.45, 7) is 4.19. The summed E-state index contributed by atoms with van der Waals surface area (Å²) in [4.78, 5) is 18.8. The molecule has 1 aromatic carbocycles. The number of carbonyl (C=O) groups is 1. The number of anilines is 1. The lowest BCUT2D eigenvalue weighted by molar-refractivity contribution is -0.118. The van der Waals surface area contributed by atoms with E-state index in [2.05, 4.69) is 10.3 Å². The molecule has 0 bridgehead atoms.